The molecule has 1 atom stereocenters. The van der Waals surface area contributed by atoms with Crippen LogP contribution in [0.25, 0.3) is 22.0 Å². The van der Waals surface area contributed by atoms with Gasteiger partial charge in [-0.1, -0.05) is 12.1 Å². The highest BCUT2D eigenvalue weighted by molar-refractivity contribution is 5.96. The number of aromatic amines is 1. The third-order valence-electron chi connectivity index (χ3n) is 5.73. The molecule has 2 heterocycles. The Kier molecular flexibility index (Phi) is 5.90. The predicted molar refractivity (Wildman–Crippen MR) is 122 cm³/mol. The average Bonchev–Trinajstić information content (AvgIpc) is 3.29. The standard InChI is InChI=1S/C25H25FN4O2/c1-5-32-23-12-18(9-10-20(23)17-7-6-8-19(26)11-17)25(31)30(4)16(3)22-13-27-15(2)21-14-28-29-24(21)22/h6-14,16H,5H2,1-4H3,(H,28,29)/t16-/m0/s1. The van der Waals surface area contributed by atoms with Gasteiger partial charge in [0.05, 0.1) is 24.4 Å². The number of halogens is 1. The lowest BCUT2D eigenvalue weighted by atomic mass is 10.0. The van der Waals surface area contributed by atoms with Crippen LogP contribution in [-0.2, 0) is 0 Å². The number of amides is 1. The topological polar surface area (TPSA) is 71.1 Å². The van der Waals surface area contributed by atoms with E-state index in [1.165, 1.54) is 12.1 Å². The number of pyridine rings is 1. The summed E-state index contributed by atoms with van der Waals surface area (Å²) in [6, 6.07) is 11.3. The molecule has 6 nitrogen and oxygen atoms in total. The zero-order chi connectivity index (χ0) is 22.8. The van der Waals surface area contributed by atoms with E-state index in [9.17, 15) is 9.18 Å². The third-order valence-corrected chi connectivity index (χ3v) is 5.73. The lowest BCUT2D eigenvalue weighted by Crippen LogP contribution is -2.30. The first kappa shape index (κ1) is 21.5. The monoisotopic (exact) mass is 432 g/mol. The molecule has 0 saturated carbocycles. The first-order valence-corrected chi connectivity index (χ1v) is 10.5. The SMILES string of the molecule is CCOc1cc(C(=O)N(C)[C@@H](C)c2cnc(C)c3cn[nH]c23)ccc1-c1cccc(F)c1. The molecule has 0 spiro atoms. The second-order valence-electron chi connectivity index (χ2n) is 7.70. The number of carbonyl (C=O) groups excluding carboxylic acids is 1. The minimum atomic E-state index is -0.324. The van der Waals surface area contributed by atoms with Crippen LogP contribution in [0.2, 0.25) is 0 Å². The Hall–Kier alpha value is -3.74. The lowest BCUT2D eigenvalue weighted by molar-refractivity contribution is 0.0743. The van der Waals surface area contributed by atoms with Crippen LogP contribution in [0.1, 0.15) is 41.5 Å². The molecule has 0 unspecified atom stereocenters. The largest absolute Gasteiger partial charge is 0.493 e. The van der Waals surface area contributed by atoms with Crippen LogP contribution in [0.15, 0.2) is 54.9 Å². The van der Waals surface area contributed by atoms with Crippen LogP contribution < -0.4 is 4.74 Å². The third kappa shape index (κ3) is 3.93. The number of nitrogens with one attached hydrogen (secondary N) is 1. The minimum Gasteiger partial charge on any atom is -0.493 e. The van der Waals surface area contributed by atoms with E-state index in [-0.39, 0.29) is 17.8 Å². The molecule has 0 fully saturated rings. The Morgan fingerprint density at radius 2 is 2.03 bits per heavy atom. The van der Waals surface area contributed by atoms with Gasteiger partial charge in [-0.3, -0.25) is 14.9 Å². The van der Waals surface area contributed by atoms with Crippen LogP contribution in [-0.4, -0.2) is 39.6 Å². The van der Waals surface area contributed by atoms with Gasteiger partial charge in [0, 0.05) is 41.0 Å². The molecule has 0 radical (unpaired) electrons. The fourth-order valence-corrected chi connectivity index (χ4v) is 3.81. The summed E-state index contributed by atoms with van der Waals surface area (Å²) in [7, 11) is 1.76. The van der Waals surface area contributed by atoms with Crippen LogP contribution in [0.3, 0.4) is 0 Å². The number of H-pyrrole nitrogens is 1. The van der Waals surface area contributed by atoms with E-state index in [1.807, 2.05) is 26.8 Å². The Labute approximate surface area is 186 Å². The summed E-state index contributed by atoms with van der Waals surface area (Å²) in [6.45, 7) is 6.18. The van der Waals surface area contributed by atoms with Gasteiger partial charge in [-0.15, -0.1) is 0 Å². The van der Waals surface area contributed by atoms with Crippen molar-refractivity contribution in [2.45, 2.75) is 26.8 Å². The van der Waals surface area contributed by atoms with Crippen molar-refractivity contribution in [2.24, 2.45) is 0 Å². The Morgan fingerprint density at radius 1 is 1.22 bits per heavy atom. The van der Waals surface area contributed by atoms with E-state index in [4.69, 9.17) is 4.74 Å². The predicted octanol–water partition coefficient (Wildman–Crippen LogP) is 5.30. The summed E-state index contributed by atoms with van der Waals surface area (Å²) in [6.07, 6.45) is 3.53. The smallest absolute Gasteiger partial charge is 0.254 e. The van der Waals surface area contributed by atoms with Crippen molar-refractivity contribution >= 4 is 16.8 Å². The van der Waals surface area contributed by atoms with E-state index < -0.39 is 0 Å². The molecule has 0 aliphatic carbocycles. The van der Waals surface area contributed by atoms with Gasteiger partial charge in [-0.2, -0.15) is 5.10 Å². The summed E-state index contributed by atoms with van der Waals surface area (Å²) in [5, 5.41) is 8.09. The molecule has 32 heavy (non-hydrogen) atoms. The van der Waals surface area contributed by atoms with Gasteiger partial charge in [-0.05, 0) is 56.7 Å². The number of aromatic nitrogens is 3. The normalized spacial score (nSPS) is 12.0. The summed E-state index contributed by atoms with van der Waals surface area (Å²) >= 11 is 0. The quantitative estimate of drug-likeness (QED) is 0.449. The number of aryl methyl sites for hydroxylation is 1. The average molecular weight is 432 g/mol. The van der Waals surface area contributed by atoms with E-state index in [0.717, 1.165) is 27.7 Å². The first-order chi connectivity index (χ1) is 15.4. The fraction of sp³-hybridized carbons (Fsp3) is 0.240. The maximum absolute atomic E-state index is 13.7. The molecular weight excluding hydrogens is 407 g/mol. The lowest BCUT2D eigenvalue weighted by Gasteiger charge is -2.26. The Bertz CT molecular complexity index is 1280. The summed E-state index contributed by atoms with van der Waals surface area (Å²) < 4.78 is 19.5. The maximum atomic E-state index is 13.7. The minimum absolute atomic E-state index is 0.155. The number of carbonyl (C=O) groups is 1. The summed E-state index contributed by atoms with van der Waals surface area (Å²) in [4.78, 5) is 19.4. The van der Waals surface area contributed by atoms with Gasteiger partial charge in [0.25, 0.3) is 5.91 Å². The second-order valence-corrected chi connectivity index (χ2v) is 7.70. The van der Waals surface area contributed by atoms with Gasteiger partial charge in [0.1, 0.15) is 11.6 Å². The number of fused-ring (bicyclic) bond motifs is 1. The second kappa shape index (κ2) is 8.78. The van der Waals surface area contributed by atoms with Crippen LogP contribution >= 0.6 is 0 Å². The highest BCUT2D eigenvalue weighted by atomic mass is 19.1. The molecule has 2 aromatic heterocycles. The first-order valence-electron chi connectivity index (χ1n) is 10.5. The van der Waals surface area contributed by atoms with Crippen LogP contribution in [0, 0.1) is 12.7 Å². The molecule has 0 aliphatic heterocycles. The van der Waals surface area contributed by atoms with E-state index >= 15 is 0 Å². The zero-order valence-corrected chi connectivity index (χ0v) is 18.5. The molecule has 4 rings (SSSR count). The van der Waals surface area contributed by atoms with Gasteiger partial charge < -0.3 is 9.64 Å². The van der Waals surface area contributed by atoms with E-state index in [2.05, 4.69) is 15.2 Å². The van der Waals surface area contributed by atoms with Crippen LogP contribution in [0.5, 0.6) is 5.75 Å². The maximum Gasteiger partial charge on any atom is 0.254 e. The number of hydrogen-bond donors (Lipinski definition) is 1. The van der Waals surface area contributed by atoms with Gasteiger partial charge in [0.15, 0.2) is 0 Å². The molecule has 4 aromatic rings. The molecule has 164 valence electrons. The molecule has 2 aromatic carbocycles. The molecule has 7 heteroatoms. The summed E-state index contributed by atoms with van der Waals surface area (Å²) in [5.74, 6) is 0.0611. The van der Waals surface area contributed by atoms with Gasteiger partial charge in [-0.25, -0.2) is 4.39 Å². The van der Waals surface area contributed by atoms with E-state index in [1.54, 1.807) is 48.6 Å². The number of nitrogens with zero attached hydrogens (tertiary/aromatic N) is 3. The molecule has 1 N–H and O–H groups in total. The summed E-state index contributed by atoms with van der Waals surface area (Å²) in [5.41, 5.74) is 4.57. The Morgan fingerprint density at radius 3 is 2.78 bits per heavy atom. The van der Waals surface area contributed by atoms with Crippen molar-refractivity contribution in [3.05, 3.63) is 77.5 Å². The van der Waals surface area contributed by atoms with E-state index in [0.29, 0.717) is 23.5 Å². The van der Waals surface area contributed by atoms with Crippen molar-refractivity contribution in [3.8, 4) is 16.9 Å². The van der Waals surface area contributed by atoms with Crippen molar-refractivity contribution < 1.29 is 13.9 Å². The molecular formula is C25H25FN4O2. The van der Waals surface area contributed by atoms with Crippen molar-refractivity contribution in [1.29, 1.82) is 0 Å². The highest BCUT2D eigenvalue weighted by Crippen LogP contribution is 2.33. The van der Waals surface area contributed by atoms with Crippen molar-refractivity contribution in [1.82, 2.24) is 20.1 Å². The zero-order valence-electron chi connectivity index (χ0n) is 18.5. The molecule has 0 aliphatic rings. The fourth-order valence-electron chi connectivity index (χ4n) is 3.81. The highest BCUT2D eigenvalue weighted by Gasteiger charge is 2.23. The molecule has 0 bridgehead atoms. The van der Waals surface area contributed by atoms with Gasteiger partial charge >= 0.3 is 0 Å². The van der Waals surface area contributed by atoms with Crippen molar-refractivity contribution in [2.75, 3.05) is 13.7 Å². The number of rotatable bonds is 6. The van der Waals surface area contributed by atoms with Crippen molar-refractivity contribution in [3.63, 3.8) is 0 Å². The molecule has 1 amide bonds. The molecule has 0 saturated heterocycles. The Balaban J connectivity index is 1.66. The number of benzene rings is 2. The van der Waals surface area contributed by atoms with Crippen LogP contribution in [0.4, 0.5) is 4.39 Å². The number of hydrogen-bond acceptors (Lipinski definition) is 4. The van der Waals surface area contributed by atoms with Gasteiger partial charge in [0.2, 0.25) is 0 Å². The number of ether oxygens (including phenoxy) is 1.